The Morgan fingerprint density at radius 1 is 0.464 bits per heavy atom. The summed E-state index contributed by atoms with van der Waals surface area (Å²) < 4.78 is 0. The first-order valence-corrected chi connectivity index (χ1v) is 13.2. The molecule has 0 fully saturated rings. The molecule has 0 aliphatic rings. The van der Waals surface area contributed by atoms with Crippen molar-refractivity contribution in [3.8, 4) is 11.1 Å². The average Bonchev–Trinajstić information content (AvgIpc) is 2.80. The molecule has 0 aliphatic carbocycles. The van der Waals surface area contributed by atoms with Gasteiger partial charge in [-0.3, -0.25) is 0 Å². The predicted octanol–water partition coefficient (Wildman–Crippen LogP) is 7.58. The molecule has 0 radical (unpaired) electrons. The topological polar surface area (TPSA) is 0 Å². The van der Waals surface area contributed by atoms with Crippen LogP contribution in [-0.4, -0.2) is 13.3 Å². The summed E-state index contributed by atoms with van der Waals surface area (Å²) in [5, 5.41) is 8.33. The van der Waals surface area contributed by atoms with E-state index in [2.05, 4.69) is 86.1 Å². The summed E-state index contributed by atoms with van der Waals surface area (Å²) in [5.74, 6) is 0. The second kappa shape index (κ2) is 11.3. The molecule has 0 saturated heterocycles. The summed E-state index contributed by atoms with van der Waals surface area (Å²) in [6.07, 6.45) is 0. The Hall–Kier alpha value is -1.74. The Morgan fingerprint density at radius 3 is 1.18 bits per heavy atom. The molecule has 4 aromatic rings. The van der Waals surface area contributed by atoms with E-state index in [1.807, 2.05) is 27.7 Å². The van der Waals surface area contributed by atoms with Crippen LogP contribution in [-0.2, 0) is 0 Å². The van der Waals surface area contributed by atoms with Crippen molar-refractivity contribution in [3.05, 3.63) is 72.8 Å². The molecule has 4 rings (SSSR count). The molecule has 0 saturated carbocycles. The van der Waals surface area contributed by atoms with E-state index >= 15 is 0 Å². The molecule has 146 valence electrons. The molecule has 28 heavy (non-hydrogen) atoms. The Balaban J connectivity index is 0.000000660. The molecular formula is C26H32P2. The first-order valence-electron chi connectivity index (χ1n) is 10.2. The number of fused-ring (bicyclic) bond motifs is 2. The van der Waals surface area contributed by atoms with Gasteiger partial charge in [-0.1, -0.05) is 118 Å². The van der Waals surface area contributed by atoms with Gasteiger partial charge in [-0.15, -0.1) is 0 Å². The van der Waals surface area contributed by atoms with Gasteiger partial charge in [-0.2, -0.15) is 0 Å². The van der Waals surface area contributed by atoms with Crippen molar-refractivity contribution in [2.24, 2.45) is 0 Å². The maximum absolute atomic E-state index is 2.32. The Morgan fingerprint density at radius 2 is 0.821 bits per heavy atom. The van der Waals surface area contributed by atoms with Crippen LogP contribution in [0.25, 0.3) is 32.7 Å². The van der Waals surface area contributed by atoms with Gasteiger partial charge in [0.2, 0.25) is 0 Å². The van der Waals surface area contributed by atoms with E-state index in [1.54, 1.807) is 0 Å². The van der Waals surface area contributed by atoms with E-state index in [0.29, 0.717) is 0 Å². The first kappa shape index (κ1) is 22.5. The fourth-order valence-electron chi connectivity index (χ4n) is 3.50. The van der Waals surface area contributed by atoms with E-state index in [4.69, 9.17) is 0 Å². The zero-order valence-electron chi connectivity index (χ0n) is 17.9. The van der Waals surface area contributed by atoms with Gasteiger partial charge in [0, 0.05) is 0 Å². The molecule has 0 aliphatic heterocycles. The lowest BCUT2D eigenvalue weighted by Crippen LogP contribution is -2.08. The summed E-state index contributed by atoms with van der Waals surface area (Å²) in [6, 6.07) is 26.8. The zero-order valence-corrected chi connectivity index (χ0v) is 19.9. The third-order valence-corrected chi connectivity index (χ3v) is 6.56. The molecule has 2 atom stereocenters. The Bertz CT molecular complexity index is 950. The normalized spacial score (nSPS) is 10.9. The minimum atomic E-state index is 0.790. The molecule has 0 amide bonds. The van der Waals surface area contributed by atoms with Crippen molar-refractivity contribution < 1.29 is 0 Å². The summed E-state index contributed by atoms with van der Waals surface area (Å²) >= 11 is 0. The van der Waals surface area contributed by atoms with Crippen molar-refractivity contribution in [2.45, 2.75) is 27.7 Å². The fourth-order valence-corrected chi connectivity index (χ4v) is 5.02. The van der Waals surface area contributed by atoms with Crippen LogP contribution in [0.4, 0.5) is 0 Å². The van der Waals surface area contributed by atoms with E-state index in [0.717, 1.165) is 17.2 Å². The van der Waals surface area contributed by atoms with Gasteiger partial charge in [-0.05, 0) is 56.6 Å². The van der Waals surface area contributed by atoms with E-state index in [-0.39, 0.29) is 0 Å². The largest absolute Gasteiger partial charge is 0.0929 e. The molecule has 0 heterocycles. The van der Waals surface area contributed by atoms with Crippen molar-refractivity contribution >= 4 is 49.3 Å². The van der Waals surface area contributed by atoms with Crippen LogP contribution in [0, 0.1) is 0 Å². The lowest BCUT2D eigenvalue weighted by atomic mass is 9.94. The molecule has 2 heteroatoms. The Kier molecular flexibility index (Phi) is 9.11. The number of rotatable bonds is 3. The minimum absolute atomic E-state index is 0.790. The molecule has 0 nitrogen and oxygen atoms in total. The van der Waals surface area contributed by atoms with E-state index < -0.39 is 0 Å². The van der Waals surface area contributed by atoms with Gasteiger partial charge in [0.1, 0.15) is 0 Å². The van der Waals surface area contributed by atoms with Crippen molar-refractivity contribution in [3.63, 3.8) is 0 Å². The monoisotopic (exact) mass is 406 g/mol. The van der Waals surface area contributed by atoms with Gasteiger partial charge in [-0.25, -0.2) is 0 Å². The number of hydrogen-bond acceptors (Lipinski definition) is 0. The second-order valence-corrected chi connectivity index (χ2v) is 8.00. The highest BCUT2D eigenvalue weighted by molar-refractivity contribution is 7.47. The van der Waals surface area contributed by atoms with Crippen LogP contribution >= 0.6 is 17.2 Å². The van der Waals surface area contributed by atoms with Gasteiger partial charge >= 0.3 is 0 Å². The SMILES string of the molecule is CC.CC.CPc1ccc2ccccc2c1-c1c(PC)ccc2ccccc12. The van der Waals surface area contributed by atoms with Crippen molar-refractivity contribution in [1.82, 2.24) is 0 Å². The van der Waals surface area contributed by atoms with Gasteiger partial charge in [0.15, 0.2) is 0 Å². The zero-order chi connectivity index (χ0) is 20.5. The van der Waals surface area contributed by atoms with Crippen molar-refractivity contribution in [1.29, 1.82) is 0 Å². The van der Waals surface area contributed by atoms with Crippen LogP contribution in [0.5, 0.6) is 0 Å². The third kappa shape index (κ3) is 4.46. The third-order valence-electron chi connectivity index (χ3n) is 4.65. The lowest BCUT2D eigenvalue weighted by Gasteiger charge is -2.18. The minimum Gasteiger partial charge on any atom is -0.0929 e. The molecule has 0 N–H and O–H groups in total. The standard InChI is InChI=1S/C22H20P2.2C2H6/c1-23-19-13-11-15-7-3-5-9-17(15)21(19)22-18-10-6-4-8-16(18)12-14-20(22)24-2;2*1-2/h3-14,23-24H,1-2H3;2*1-2H3. The molecule has 4 aromatic carbocycles. The maximum atomic E-state index is 2.32. The highest BCUT2D eigenvalue weighted by atomic mass is 31.1. The van der Waals surface area contributed by atoms with Crippen LogP contribution in [0.15, 0.2) is 72.8 Å². The molecule has 0 spiro atoms. The molecule has 0 bridgehead atoms. The summed E-state index contributed by atoms with van der Waals surface area (Å²) in [5.41, 5.74) is 2.88. The van der Waals surface area contributed by atoms with Crippen LogP contribution in [0.3, 0.4) is 0 Å². The molecular weight excluding hydrogens is 374 g/mol. The van der Waals surface area contributed by atoms with Crippen LogP contribution in [0.1, 0.15) is 27.7 Å². The van der Waals surface area contributed by atoms with E-state index in [9.17, 15) is 0 Å². The average molecular weight is 406 g/mol. The van der Waals surface area contributed by atoms with Gasteiger partial charge in [0.25, 0.3) is 0 Å². The molecule has 0 aromatic heterocycles. The highest BCUT2D eigenvalue weighted by Gasteiger charge is 2.15. The Labute approximate surface area is 174 Å². The fraction of sp³-hybridized carbons (Fsp3) is 0.231. The van der Waals surface area contributed by atoms with E-state index in [1.165, 1.54) is 43.3 Å². The smallest absolute Gasteiger partial charge is 0.00186 e. The van der Waals surface area contributed by atoms with Crippen molar-refractivity contribution in [2.75, 3.05) is 13.3 Å². The lowest BCUT2D eigenvalue weighted by molar-refractivity contribution is 1.50. The summed E-state index contributed by atoms with van der Waals surface area (Å²) in [6.45, 7) is 12.6. The highest BCUT2D eigenvalue weighted by Crippen LogP contribution is 2.36. The van der Waals surface area contributed by atoms with Crippen LogP contribution < -0.4 is 10.6 Å². The number of hydrogen-bond donors (Lipinski definition) is 0. The van der Waals surface area contributed by atoms with Gasteiger partial charge < -0.3 is 0 Å². The number of benzene rings is 4. The maximum Gasteiger partial charge on any atom is -0.00186 e. The predicted molar refractivity (Wildman–Crippen MR) is 137 cm³/mol. The van der Waals surface area contributed by atoms with Gasteiger partial charge in [0.05, 0.1) is 0 Å². The quantitative estimate of drug-likeness (QED) is 0.308. The van der Waals surface area contributed by atoms with Crippen LogP contribution in [0.2, 0.25) is 0 Å². The first-order chi connectivity index (χ1) is 13.8. The summed E-state index contributed by atoms with van der Waals surface area (Å²) in [4.78, 5) is 0. The second-order valence-electron chi connectivity index (χ2n) is 5.92. The molecule has 2 unspecified atom stereocenters. The summed E-state index contributed by atoms with van der Waals surface area (Å²) in [7, 11) is 1.58.